The Kier molecular flexibility index (Phi) is 4.46. The van der Waals surface area contributed by atoms with Gasteiger partial charge in [-0.05, 0) is 24.3 Å². The van der Waals surface area contributed by atoms with Gasteiger partial charge in [0.1, 0.15) is 0 Å². The number of benzene rings is 2. The van der Waals surface area contributed by atoms with Crippen LogP contribution in [0, 0.1) is 10.1 Å². The van der Waals surface area contributed by atoms with Crippen LogP contribution in [0.4, 0.5) is 11.4 Å². The number of non-ortho nitro benzene ring substituents is 1. The summed E-state index contributed by atoms with van der Waals surface area (Å²) in [6.07, 6.45) is 3.10. The molecule has 0 bridgehead atoms. The molecular formula is C16H14N2O3. The predicted octanol–water partition coefficient (Wildman–Crippen LogP) is 3.43. The molecule has 0 unspecified atom stereocenters. The zero-order valence-corrected chi connectivity index (χ0v) is 11.5. The summed E-state index contributed by atoms with van der Waals surface area (Å²) in [5.41, 5.74) is 1.35. The normalized spacial score (nSPS) is 10.5. The fourth-order valence-corrected chi connectivity index (χ4v) is 1.77. The van der Waals surface area contributed by atoms with Crippen molar-refractivity contribution in [3.8, 4) is 0 Å². The lowest BCUT2D eigenvalue weighted by Gasteiger charge is -2.13. The minimum atomic E-state index is -0.493. The zero-order chi connectivity index (χ0) is 15.2. The lowest BCUT2D eigenvalue weighted by molar-refractivity contribution is -0.384. The van der Waals surface area contributed by atoms with Crippen LogP contribution in [0.3, 0.4) is 0 Å². The summed E-state index contributed by atoms with van der Waals surface area (Å²) in [6.45, 7) is 0. The topological polar surface area (TPSA) is 63.5 Å². The third kappa shape index (κ3) is 3.76. The van der Waals surface area contributed by atoms with E-state index in [1.54, 1.807) is 6.20 Å². The summed E-state index contributed by atoms with van der Waals surface area (Å²) >= 11 is 0. The molecule has 0 aliphatic rings. The van der Waals surface area contributed by atoms with Gasteiger partial charge in [-0.25, -0.2) is 0 Å². The van der Waals surface area contributed by atoms with E-state index in [0.29, 0.717) is 5.56 Å². The fraction of sp³-hybridized carbons (Fsp3) is 0.0625. The third-order valence-electron chi connectivity index (χ3n) is 2.98. The maximum Gasteiger partial charge on any atom is 0.269 e. The molecule has 0 fully saturated rings. The molecule has 5 nitrogen and oxygen atoms in total. The van der Waals surface area contributed by atoms with Crippen molar-refractivity contribution in [2.45, 2.75) is 0 Å². The molecule has 0 spiro atoms. The van der Waals surface area contributed by atoms with Crippen LogP contribution in [0.25, 0.3) is 0 Å². The largest absolute Gasteiger partial charge is 0.351 e. The summed E-state index contributed by atoms with van der Waals surface area (Å²) in [4.78, 5) is 23.9. The first kappa shape index (κ1) is 14.5. The minimum Gasteiger partial charge on any atom is -0.351 e. The molecule has 0 aliphatic heterocycles. The van der Waals surface area contributed by atoms with E-state index in [1.165, 1.54) is 30.3 Å². The molecule has 2 rings (SSSR count). The van der Waals surface area contributed by atoms with Crippen LogP contribution >= 0.6 is 0 Å². The second-order valence-electron chi connectivity index (χ2n) is 4.43. The molecule has 0 saturated carbocycles. The van der Waals surface area contributed by atoms with Crippen molar-refractivity contribution in [1.82, 2.24) is 0 Å². The molecule has 106 valence electrons. The first-order chi connectivity index (χ1) is 10.1. The van der Waals surface area contributed by atoms with Gasteiger partial charge in [0.05, 0.1) is 4.92 Å². The van der Waals surface area contributed by atoms with Gasteiger partial charge in [0.2, 0.25) is 0 Å². The van der Waals surface area contributed by atoms with E-state index in [-0.39, 0.29) is 11.5 Å². The number of anilines is 1. The van der Waals surface area contributed by atoms with Gasteiger partial charge in [0, 0.05) is 42.7 Å². The Morgan fingerprint density at radius 2 is 1.71 bits per heavy atom. The SMILES string of the molecule is CN(/C=C/C(=O)c1ccc([N+](=O)[O-])cc1)c1ccccc1. The van der Waals surface area contributed by atoms with E-state index >= 15 is 0 Å². The van der Waals surface area contributed by atoms with Crippen LogP contribution in [0.1, 0.15) is 10.4 Å². The van der Waals surface area contributed by atoms with Crippen molar-refractivity contribution in [2.75, 3.05) is 11.9 Å². The number of allylic oxidation sites excluding steroid dienone is 1. The maximum atomic E-state index is 12.0. The van der Waals surface area contributed by atoms with E-state index in [4.69, 9.17) is 0 Å². The highest BCUT2D eigenvalue weighted by molar-refractivity contribution is 6.04. The van der Waals surface area contributed by atoms with Crippen LogP contribution in [0.2, 0.25) is 0 Å². The van der Waals surface area contributed by atoms with Gasteiger partial charge in [0.25, 0.3) is 5.69 Å². The van der Waals surface area contributed by atoms with Crippen molar-refractivity contribution in [2.24, 2.45) is 0 Å². The highest BCUT2D eigenvalue weighted by atomic mass is 16.6. The van der Waals surface area contributed by atoms with Crippen LogP contribution < -0.4 is 4.90 Å². The molecule has 0 saturated heterocycles. The quantitative estimate of drug-likeness (QED) is 0.365. The maximum absolute atomic E-state index is 12.0. The minimum absolute atomic E-state index is 0.0306. The second-order valence-corrected chi connectivity index (χ2v) is 4.43. The average molecular weight is 282 g/mol. The number of nitro groups is 1. The number of nitrogens with zero attached hydrogens (tertiary/aromatic N) is 2. The van der Waals surface area contributed by atoms with E-state index < -0.39 is 4.92 Å². The van der Waals surface area contributed by atoms with Gasteiger partial charge in [-0.15, -0.1) is 0 Å². The predicted molar refractivity (Wildman–Crippen MR) is 81.4 cm³/mol. The average Bonchev–Trinajstić information content (AvgIpc) is 2.53. The molecule has 0 amide bonds. The highest BCUT2D eigenvalue weighted by Gasteiger charge is 2.07. The third-order valence-corrected chi connectivity index (χ3v) is 2.98. The van der Waals surface area contributed by atoms with Crippen LogP contribution in [0.15, 0.2) is 66.9 Å². The van der Waals surface area contributed by atoms with Crippen molar-refractivity contribution in [3.63, 3.8) is 0 Å². The van der Waals surface area contributed by atoms with Gasteiger partial charge >= 0.3 is 0 Å². The fourth-order valence-electron chi connectivity index (χ4n) is 1.77. The lowest BCUT2D eigenvalue weighted by atomic mass is 10.1. The molecule has 5 heteroatoms. The second kappa shape index (κ2) is 6.47. The number of nitro benzene ring substituents is 1. The Morgan fingerprint density at radius 3 is 2.29 bits per heavy atom. The Morgan fingerprint density at radius 1 is 1.10 bits per heavy atom. The molecule has 0 N–H and O–H groups in total. The first-order valence-electron chi connectivity index (χ1n) is 6.33. The molecule has 0 atom stereocenters. The highest BCUT2D eigenvalue weighted by Crippen LogP contribution is 2.14. The Balaban J connectivity index is 2.07. The van der Waals surface area contributed by atoms with Crippen LogP contribution in [0.5, 0.6) is 0 Å². The lowest BCUT2D eigenvalue weighted by Crippen LogP contribution is -2.08. The summed E-state index contributed by atoms with van der Waals surface area (Å²) in [5, 5.41) is 10.6. The zero-order valence-electron chi connectivity index (χ0n) is 11.5. The molecule has 21 heavy (non-hydrogen) atoms. The number of rotatable bonds is 5. The van der Waals surface area contributed by atoms with Crippen molar-refractivity contribution in [3.05, 3.63) is 82.6 Å². The molecule has 2 aromatic rings. The molecular weight excluding hydrogens is 268 g/mol. The Labute approximate surface area is 122 Å². The number of carbonyl (C=O) groups is 1. The molecule has 0 radical (unpaired) electrons. The van der Waals surface area contributed by atoms with E-state index in [1.807, 2.05) is 42.3 Å². The first-order valence-corrected chi connectivity index (χ1v) is 6.33. The van der Waals surface area contributed by atoms with E-state index in [9.17, 15) is 14.9 Å². The number of ketones is 1. The van der Waals surface area contributed by atoms with E-state index in [0.717, 1.165) is 5.69 Å². The van der Waals surface area contributed by atoms with E-state index in [2.05, 4.69) is 0 Å². The van der Waals surface area contributed by atoms with Gasteiger partial charge in [-0.1, -0.05) is 18.2 Å². The number of carbonyl (C=O) groups excluding carboxylic acids is 1. The van der Waals surface area contributed by atoms with Crippen molar-refractivity contribution < 1.29 is 9.72 Å². The van der Waals surface area contributed by atoms with Crippen molar-refractivity contribution in [1.29, 1.82) is 0 Å². The smallest absolute Gasteiger partial charge is 0.269 e. The van der Waals surface area contributed by atoms with Gasteiger partial charge in [0.15, 0.2) is 5.78 Å². The summed E-state index contributed by atoms with van der Waals surface area (Å²) in [7, 11) is 1.84. The molecule has 2 aromatic carbocycles. The summed E-state index contributed by atoms with van der Waals surface area (Å²) in [6, 6.07) is 15.2. The molecule has 0 aromatic heterocycles. The summed E-state index contributed by atoms with van der Waals surface area (Å²) < 4.78 is 0. The monoisotopic (exact) mass is 282 g/mol. The van der Waals surface area contributed by atoms with Crippen molar-refractivity contribution >= 4 is 17.2 Å². The van der Waals surface area contributed by atoms with Crippen LogP contribution in [-0.4, -0.2) is 17.8 Å². The number of para-hydroxylation sites is 1. The standard InChI is InChI=1S/C16H14N2O3/c1-17(14-5-3-2-4-6-14)12-11-16(19)13-7-9-15(10-8-13)18(20)21/h2-12H,1H3/b12-11+. The van der Waals surface area contributed by atoms with Gasteiger partial charge in [-0.2, -0.15) is 0 Å². The van der Waals surface area contributed by atoms with Gasteiger partial charge < -0.3 is 4.90 Å². The summed E-state index contributed by atoms with van der Waals surface area (Å²) in [5.74, 6) is -0.201. The number of hydrogen-bond donors (Lipinski definition) is 0. The molecule has 0 heterocycles. The Hall–Kier alpha value is -2.95. The van der Waals surface area contributed by atoms with Gasteiger partial charge in [-0.3, -0.25) is 14.9 Å². The number of hydrogen-bond acceptors (Lipinski definition) is 4. The Bertz CT molecular complexity index is 664. The molecule has 0 aliphatic carbocycles. The van der Waals surface area contributed by atoms with Crippen LogP contribution in [-0.2, 0) is 0 Å².